The number of hydrogen-bond donors (Lipinski definition) is 1. The molecule has 3 heterocycles. The number of carbonyl (C=O) groups is 3. The minimum absolute atomic E-state index is 0.126. The van der Waals surface area contributed by atoms with E-state index < -0.39 is 11.9 Å². The molecule has 2 aromatic carbocycles. The third-order valence-corrected chi connectivity index (χ3v) is 6.46. The van der Waals surface area contributed by atoms with Crippen molar-refractivity contribution in [3.63, 3.8) is 0 Å². The Kier molecular flexibility index (Phi) is 6.10. The van der Waals surface area contributed by atoms with Crippen molar-refractivity contribution in [3.05, 3.63) is 53.6 Å². The van der Waals surface area contributed by atoms with E-state index in [4.69, 9.17) is 14.2 Å². The van der Waals surface area contributed by atoms with Crippen molar-refractivity contribution in [2.45, 2.75) is 31.5 Å². The highest BCUT2D eigenvalue weighted by molar-refractivity contribution is 6.05. The second-order valence-electron chi connectivity index (χ2n) is 8.72. The molecule has 0 bridgehead atoms. The average Bonchev–Trinajstić information content (AvgIpc) is 3.13. The topological polar surface area (TPSA) is 97.4 Å². The van der Waals surface area contributed by atoms with Crippen LogP contribution >= 0.6 is 0 Å². The van der Waals surface area contributed by atoms with Gasteiger partial charge in [0, 0.05) is 38.2 Å². The number of imide groups is 1. The number of piperidine rings is 1. The van der Waals surface area contributed by atoms with Crippen molar-refractivity contribution >= 4 is 17.7 Å². The Morgan fingerprint density at radius 2 is 1.85 bits per heavy atom. The minimum atomic E-state index is -0.612. The molecule has 9 nitrogen and oxygen atoms in total. The predicted octanol–water partition coefficient (Wildman–Crippen LogP) is 1.60. The van der Waals surface area contributed by atoms with Crippen molar-refractivity contribution in [3.8, 4) is 17.2 Å². The number of amides is 3. The zero-order chi connectivity index (χ0) is 23.7. The maximum absolute atomic E-state index is 12.8. The van der Waals surface area contributed by atoms with E-state index in [9.17, 15) is 14.4 Å². The van der Waals surface area contributed by atoms with Gasteiger partial charge in [0.2, 0.25) is 11.8 Å². The molecule has 34 heavy (non-hydrogen) atoms. The van der Waals surface area contributed by atoms with Gasteiger partial charge in [0.1, 0.15) is 24.5 Å². The summed E-state index contributed by atoms with van der Waals surface area (Å²) in [7, 11) is 1.63. The van der Waals surface area contributed by atoms with Gasteiger partial charge in [-0.25, -0.2) is 0 Å². The van der Waals surface area contributed by atoms with Crippen LogP contribution in [0.3, 0.4) is 0 Å². The molecule has 1 N–H and O–H groups in total. The highest BCUT2D eigenvalue weighted by Crippen LogP contribution is 2.31. The van der Waals surface area contributed by atoms with E-state index >= 15 is 0 Å². The molecule has 2 aromatic rings. The molecule has 0 aromatic heterocycles. The summed E-state index contributed by atoms with van der Waals surface area (Å²) < 4.78 is 17.3. The summed E-state index contributed by atoms with van der Waals surface area (Å²) in [4.78, 5) is 40.2. The molecule has 1 unspecified atom stereocenters. The monoisotopic (exact) mass is 465 g/mol. The van der Waals surface area contributed by atoms with E-state index in [1.54, 1.807) is 19.2 Å². The normalized spacial score (nSPS) is 20.6. The molecular weight excluding hydrogens is 438 g/mol. The summed E-state index contributed by atoms with van der Waals surface area (Å²) in [5.41, 5.74) is 1.41. The van der Waals surface area contributed by atoms with Crippen LogP contribution in [0.5, 0.6) is 17.2 Å². The standard InChI is InChI=1S/C25H27N3O6/c1-32-21-4-2-3-5-22(21)34-18-14-27(15-18)10-11-33-17-6-7-19-16(12-17)13-28(25(19)31)20-8-9-23(29)26-24(20)30/h2-7,12,18,20H,8-11,13-15H2,1H3,(H,26,29,30). The molecule has 5 rings (SSSR count). The van der Waals surface area contributed by atoms with Gasteiger partial charge in [-0.1, -0.05) is 12.1 Å². The van der Waals surface area contributed by atoms with Crippen LogP contribution in [-0.2, 0) is 16.1 Å². The number of para-hydroxylation sites is 2. The van der Waals surface area contributed by atoms with Crippen molar-refractivity contribution in [1.29, 1.82) is 0 Å². The van der Waals surface area contributed by atoms with Crippen LogP contribution in [0.15, 0.2) is 42.5 Å². The lowest BCUT2D eigenvalue weighted by Crippen LogP contribution is -2.54. The number of fused-ring (bicyclic) bond motifs is 1. The van der Waals surface area contributed by atoms with Gasteiger partial charge in [0.15, 0.2) is 11.5 Å². The van der Waals surface area contributed by atoms with Gasteiger partial charge in [-0.15, -0.1) is 0 Å². The molecule has 1 atom stereocenters. The average molecular weight is 466 g/mol. The Morgan fingerprint density at radius 3 is 2.62 bits per heavy atom. The van der Waals surface area contributed by atoms with Gasteiger partial charge >= 0.3 is 0 Å². The van der Waals surface area contributed by atoms with Crippen LogP contribution in [0.25, 0.3) is 0 Å². The third-order valence-electron chi connectivity index (χ3n) is 6.46. The van der Waals surface area contributed by atoms with Gasteiger partial charge < -0.3 is 19.1 Å². The first kappa shape index (κ1) is 22.2. The number of methoxy groups -OCH3 is 1. The Morgan fingerprint density at radius 1 is 1.06 bits per heavy atom. The molecule has 9 heteroatoms. The molecule has 0 aliphatic carbocycles. The highest BCUT2D eigenvalue weighted by Gasteiger charge is 2.39. The molecule has 0 radical (unpaired) electrons. The first-order chi connectivity index (χ1) is 16.5. The third kappa shape index (κ3) is 4.43. The van der Waals surface area contributed by atoms with E-state index in [0.29, 0.717) is 30.9 Å². The van der Waals surface area contributed by atoms with Crippen LogP contribution in [0, 0.1) is 0 Å². The Hall–Kier alpha value is -3.59. The Bertz CT molecular complexity index is 1110. The number of nitrogens with zero attached hydrogens (tertiary/aromatic N) is 2. The summed E-state index contributed by atoms with van der Waals surface area (Å²) in [6, 6.07) is 12.4. The van der Waals surface area contributed by atoms with Crippen LogP contribution in [0.4, 0.5) is 0 Å². The van der Waals surface area contributed by atoms with E-state index in [1.807, 2.05) is 30.3 Å². The molecule has 3 aliphatic rings. The smallest absolute Gasteiger partial charge is 0.255 e. The van der Waals surface area contributed by atoms with E-state index in [2.05, 4.69) is 10.2 Å². The van der Waals surface area contributed by atoms with E-state index in [0.717, 1.165) is 36.7 Å². The molecule has 2 fully saturated rings. The highest BCUT2D eigenvalue weighted by atomic mass is 16.5. The van der Waals surface area contributed by atoms with Crippen LogP contribution in [-0.4, -0.2) is 73.0 Å². The van der Waals surface area contributed by atoms with Crippen LogP contribution < -0.4 is 19.5 Å². The number of carbonyl (C=O) groups excluding carboxylic acids is 3. The first-order valence-electron chi connectivity index (χ1n) is 11.4. The molecule has 2 saturated heterocycles. The lowest BCUT2D eigenvalue weighted by molar-refractivity contribution is -0.136. The lowest BCUT2D eigenvalue weighted by Gasteiger charge is -2.38. The molecule has 3 aliphatic heterocycles. The quantitative estimate of drug-likeness (QED) is 0.592. The fourth-order valence-electron chi connectivity index (χ4n) is 4.61. The van der Waals surface area contributed by atoms with E-state index in [-0.39, 0.29) is 24.3 Å². The Balaban J connectivity index is 1.09. The molecule has 178 valence electrons. The van der Waals surface area contributed by atoms with E-state index in [1.165, 1.54) is 4.90 Å². The SMILES string of the molecule is COc1ccccc1OC1CN(CCOc2ccc3c(c2)CN(C2CCC(=O)NC2=O)C3=O)C1. The number of rotatable bonds is 8. The number of hydrogen-bond acceptors (Lipinski definition) is 7. The maximum Gasteiger partial charge on any atom is 0.255 e. The van der Waals surface area contributed by atoms with Gasteiger partial charge in [-0.3, -0.25) is 24.6 Å². The van der Waals surface area contributed by atoms with Crippen molar-refractivity contribution < 1.29 is 28.6 Å². The molecule has 0 spiro atoms. The fraction of sp³-hybridized carbons (Fsp3) is 0.400. The first-order valence-corrected chi connectivity index (χ1v) is 11.4. The summed E-state index contributed by atoms with van der Waals surface area (Å²) in [5.74, 6) is 1.30. The summed E-state index contributed by atoms with van der Waals surface area (Å²) in [5, 5.41) is 2.32. The lowest BCUT2D eigenvalue weighted by atomic mass is 10.0. The number of ether oxygens (including phenoxy) is 3. The summed E-state index contributed by atoms with van der Waals surface area (Å²) in [6.07, 6.45) is 0.720. The number of nitrogens with one attached hydrogen (secondary N) is 1. The van der Waals surface area contributed by atoms with Crippen molar-refractivity contribution in [2.75, 3.05) is 33.4 Å². The van der Waals surface area contributed by atoms with Crippen molar-refractivity contribution in [1.82, 2.24) is 15.1 Å². The maximum atomic E-state index is 12.8. The zero-order valence-corrected chi connectivity index (χ0v) is 19.0. The number of benzene rings is 2. The minimum Gasteiger partial charge on any atom is -0.493 e. The molecule has 0 saturated carbocycles. The second-order valence-corrected chi connectivity index (χ2v) is 8.72. The number of likely N-dealkylation sites (tertiary alicyclic amines) is 1. The summed E-state index contributed by atoms with van der Waals surface area (Å²) in [6.45, 7) is 3.27. The van der Waals surface area contributed by atoms with Crippen LogP contribution in [0.1, 0.15) is 28.8 Å². The zero-order valence-electron chi connectivity index (χ0n) is 19.0. The van der Waals surface area contributed by atoms with Gasteiger partial charge in [0.25, 0.3) is 5.91 Å². The van der Waals surface area contributed by atoms with Gasteiger partial charge in [-0.2, -0.15) is 0 Å². The van der Waals surface area contributed by atoms with Gasteiger partial charge in [0.05, 0.1) is 7.11 Å². The molecular formula is C25H27N3O6. The Labute approximate surface area is 197 Å². The fourth-order valence-corrected chi connectivity index (χ4v) is 4.61. The summed E-state index contributed by atoms with van der Waals surface area (Å²) >= 11 is 0. The largest absolute Gasteiger partial charge is 0.493 e. The predicted molar refractivity (Wildman–Crippen MR) is 122 cm³/mol. The second kappa shape index (κ2) is 9.34. The van der Waals surface area contributed by atoms with Crippen LogP contribution in [0.2, 0.25) is 0 Å². The van der Waals surface area contributed by atoms with Gasteiger partial charge in [-0.05, 0) is 42.3 Å². The molecule has 3 amide bonds. The van der Waals surface area contributed by atoms with Crippen molar-refractivity contribution in [2.24, 2.45) is 0 Å².